The standard InChI is InChI=1S/C15H15ClN2S/c1-18(11-12-5-3-2-4-6-12)15(19)17-14-9-7-13(16)8-10-14/h2-10H,11H2,1H3,(H,17,19). The highest BCUT2D eigenvalue weighted by atomic mass is 35.5. The molecule has 2 nitrogen and oxygen atoms in total. The van der Waals surface area contributed by atoms with Gasteiger partial charge < -0.3 is 10.2 Å². The van der Waals surface area contributed by atoms with Gasteiger partial charge in [-0.3, -0.25) is 0 Å². The van der Waals surface area contributed by atoms with Crippen molar-refractivity contribution >= 4 is 34.6 Å². The molecule has 0 aromatic heterocycles. The summed E-state index contributed by atoms with van der Waals surface area (Å²) in [6.07, 6.45) is 0. The van der Waals surface area contributed by atoms with Gasteiger partial charge in [-0.25, -0.2) is 0 Å². The number of halogens is 1. The van der Waals surface area contributed by atoms with Gasteiger partial charge in [0.25, 0.3) is 0 Å². The van der Waals surface area contributed by atoms with Crippen LogP contribution in [0.2, 0.25) is 5.02 Å². The average Bonchev–Trinajstić information content (AvgIpc) is 2.42. The van der Waals surface area contributed by atoms with E-state index in [-0.39, 0.29) is 0 Å². The van der Waals surface area contributed by atoms with Crippen molar-refractivity contribution in [1.82, 2.24) is 4.90 Å². The first-order valence-electron chi connectivity index (χ1n) is 5.97. The van der Waals surface area contributed by atoms with E-state index in [0.29, 0.717) is 10.1 Å². The van der Waals surface area contributed by atoms with Crippen LogP contribution in [0.4, 0.5) is 5.69 Å². The van der Waals surface area contributed by atoms with Crippen molar-refractivity contribution in [2.24, 2.45) is 0 Å². The van der Waals surface area contributed by atoms with Crippen LogP contribution in [0.3, 0.4) is 0 Å². The summed E-state index contributed by atoms with van der Waals surface area (Å²) in [5.74, 6) is 0. The molecular formula is C15H15ClN2S. The van der Waals surface area contributed by atoms with E-state index in [0.717, 1.165) is 12.2 Å². The van der Waals surface area contributed by atoms with Crippen molar-refractivity contribution < 1.29 is 0 Å². The lowest BCUT2D eigenvalue weighted by Crippen LogP contribution is -2.30. The van der Waals surface area contributed by atoms with Gasteiger partial charge in [0.2, 0.25) is 0 Å². The van der Waals surface area contributed by atoms with Gasteiger partial charge in [0, 0.05) is 24.3 Å². The van der Waals surface area contributed by atoms with E-state index in [4.69, 9.17) is 23.8 Å². The summed E-state index contributed by atoms with van der Waals surface area (Å²) in [4.78, 5) is 2.00. The van der Waals surface area contributed by atoms with Crippen LogP contribution < -0.4 is 5.32 Å². The summed E-state index contributed by atoms with van der Waals surface area (Å²) in [5.41, 5.74) is 2.17. The third-order valence-electron chi connectivity index (χ3n) is 2.70. The quantitative estimate of drug-likeness (QED) is 0.854. The van der Waals surface area contributed by atoms with Crippen LogP contribution in [0.25, 0.3) is 0 Å². The molecule has 0 fully saturated rings. The van der Waals surface area contributed by atoms with Crippen molar-refractivity contribution in [2.45, 2.75) is 6.54 Å². The first-order valence-corrected chi connectivity index (χ1v) is 6.75. The van der Waals surface area contributed by atoms with E-state index >= 15 is 0 Å². The molecule has 0 bridgehead atoms. The van der Waals surface area contributed by atoms with Gasteiger partial charge in [-0.15, -0.1) is 0 Å². The third-order valence-corrected chi connectivity index (χ3v) is 3.37. The third kappa shape index (κ3) is 4.23. The normalized spacial score (nSPS) is 10.0. The van der Waals surface area contributed by atoms with Gasteiger partial charge in [-0.1, -0.05) is 41.9 Å². The van der Waals surface area contributed by atoms with Crippen molar-refractivity contribution in [3.8, 4) is 0 Å². The Labute approximate surface area is 124 Å². The molecular weight excluding hydrogens is 276 g/mol. The van der Waals surface area contributed by atoms with Crippen LogP contribution in [-0.2, 0) is 6.54 Å². The monoisotopic (exact) mass is 290 g/mol. The minimum Gasteiger partial charge on any atom is -0.348 e. The highest BCUT2D eigenvalue weighted by Gasteiger charge is 2.05. The zero-order valence-corrected chi connectivity index (χ0v) is 12.2. The molecule has 0 aliphatic rings. The fourth-order valence-corrected chi connectivity index (χ4v) is 1.99. The van der Waals surface area contributed by atoms with Gasteiger partial charge in [0.15, 0.2) is 5.11 Å². The maximum atomic E-state index is 5.85. The lowest BCUT2D eigenvalue weighted by Gasteiger charge is -2.21. The van der Waals surface area contributed by atoms with Crippen molar-refractivity contribution in [3.63, 3.8) is 0 Å². The number of thiocarbonyl (C=S) groups is 1. The minimum absolute atomic E-state index is 0.686. The smallest absolute Gasteiger partial charge is 0.173 e. The highest BCUT2D eigenvalue weighted by Crippen LogP contribution is 2.14. The summed E-state index contributed by atoms with van der Waals surface area (Å²) in [7, 11) is 1.97. The number of nitrogens with one attached hydrogen (secondary N) is 1. The molecule has 0 heterocycles. The Morgan fingerprint density at radius 1 is 1.11 bits per heavy atom. The van der Waals surface area contributed by atoms with Gasteiger partial charge in [-0.2, -0.15) is 0 Å². The van der Waals surface area contributed by atoms with E-state index in [1.165, 1.54) is 5.56 Å². The Bertz CT molecular complexity index is 540. The minimum atomic E-state index is 0.686. The topological polar surface area (TPSA) is 15.3 Å². The largest absolute Gasteiger partial charge is 0.348 e. The van der Waals surface area contributed by atoms with Gasteiger partial charge in [0.1, 0.15) is 0 Å². The molecule has 0 saturated heterocycles. The molecule has 0 aliphatic carbocycles. The SMILES string of the molecule is CN(Cc1ccccc1)C(=S)Nc1ccc(Cl)cc1. The summed E-state index contributed by atoms with van der Waals surface area (Å²) in [6, 6.07) is 17.7. The molecule has 0 atom stereocenters. The van der Waals surface area contributed by atoms with Gasteiger partial charge in [-0.05, 0) is 42.0 Å². The van der Waals surface area contributed by atoms with Crippen molar-refractivity contribution in [3.05, 3.63) is 65.2 Å². The second kappa shape index (κ2) is 6.55. The second-order valence-electron chi connectivity index (χ2n) is 4.28. The number of nitrogens with zero attached hydrogens (tertiary/aromatic N) is 1. The molecule has 2 aromatic rings. The van der Waals surface area contributed by atoms with E-state index < -0.39 is 0 Å². The highest BCUT2D eigenvalue weighted by molar-refractivity contribution is 7.80. The molecule has 0 spiro atoms. The lowest BCUT2D eigenvalue weighted by molar-refractivity contribution is 0.508. The van der Waals surface area contributed by atoms with Crippen LogP contribution in [0.15, 0.2) is 54.6 Å². The molecule has 1 N–H and O–H groups in total. The molecule has 2 aromatic carbocycles. The molecule has 98 valence electrons. The fraction of sp³-hybridized carbons (Fsp3) is 0.133. The Morgan fingerprint density at radius 2 is 1.74 bits per heavy atom. The van der Waals surface area contributed by atoms with Crippen LogP contribution in [-0.4, -0.2) is 17.1 Å². The summed E-state index contributed by atoms with van der Waals surface area (Å²) in [5, 5.41) is 4.59. The summed E-state index contributed by atoms with van der Waals surface area (Å²) < 4.78 is 0. The van der Waals surface area contributed by atoms with Crippen LogP contribution in [0.5, 0.6) is 0 Å². The number of hydrogen-bond acceptors (Lipinski definition) is 1. The van der Waals surface area contributed by atoms with Crippen LogP contribution >= 0.6 is 23.8 Å². The van der Waals surface area contributed by atoms with Gasteiger partial charge >= 0.3 is 0 Å². The molecule has 2 rings (SSSR count). The molecule has 0 aliphatic heterocycles. The maximum absolute atomic E-state index is 5.85. The number of anilines is 1. The first-order chi connectivity index (χ1) is 9.15. The molecule has 0 amide bonds. The summed E-state index contributed by atoms with van der Waals surface area (Å²) >= 11 is 11.2. The zero-order valence-electron chi connectivity index (χ0n) is 10.6. The number of hydrogen-bond donors (Lipinski definition) is 1. The second-order valence-corrected chi connectivity index (χ2v) is 5.10. The predicted octanol–water partition coefficient (Wildman–Crippen LogP) is 4.17. The summed E-state index contributed by atoms with van der Waals surface area (Å²) in [6.45, 7) is 0.778. The van der Waals surface area contributed by atoms with E-state index in [2.05, 4.69) is 17.4 Å². The van der Waals surface area contributed by atoms with Crippen molar-refractivity contribution in [2.75, 3.05) is 12.4 Å². The van der Waals surface area contributed by atoms with Gasteiger partial charge in [0.05, 0.1) is 0 Å². The number of rotatable bonds is 3. The van der Waals surface area contributed by atoms with E-state index in [1.807, 2.05) is 54.4 Å². The Hall–Kier alpha value is -1.58. The molecule has 0 saturated carbocycles. The van der Waals surface area contributed by atoms with Crippen LogP contribution in [0.1, 0.15) is 5.56 Å². The molecule has 4 heteroatoms. The maximum Gasteiger partial charge on any atom is 0.173 e. The molecule has 0 unspecified atom stereocenters. The van der Waals surface area contributed by atoms with E-state index in [9.17, 15) is 0 Å². The van der Waals surface area contributed by atoms with Crippen LogP contribution in [0, 0.1) is 0 Å². The van der Waals surface area contributed by atoms with Crippen molar-refractivity contribution in [1.29, 1.82) is 0 Å². The fourth-order valence-electron chi connectivity index (χ4n) is 1.68. The average molecular weight is 291 g/mol. The predicted molar refractivity (Wildman–Crippen MR) is 85.6 cm³/mol. The molecule has 0 radical (unpaired) electrons. The molecule has 19 heavy (non-hydrogen) atoms. The van der Waals surface area contributed by atoms with E-state index in [1.54, 1.807) is 0 Å². The number of benzene rings is 2. The zero-order chi connectivity index (χ0) is 13.7. The first kappa shape index (κ1) is 13.8. The Balaban J connectivity index is 1.94. The lowest BCUT2D eigenvalue weighted by atomic mass is 10.2. The Morgan fingerprint density at radius 3 is 2.37 bits per heavy atom. The Kier molecular flexibility index (Phi) is 4.77.